The Kier molecular flexibility index (Phi) is 8.61. The average Bonchev–Trinajstić information content (AvgIpc) is 3.99. The smallest absolute Gasteiger partial charge is 0.656 e. The van der Waals surface area contributed by atoms with Crippen LogP contribution >= 0.6 is 0 Å². The molecule has 0 fully saturated rings. The van der Waals surface area contributed by atoms with Gasteiger partial charge in [-0.05, 0) is 92.5 Å². The Labute approximate surface area is 359 Å². The number of fused-ring (bicyclic) bond motifs is 7. The minimum Gasteiger partial charge on any atom is -0.656 e. The van der Waals surface area contributed by atoms with Crippen molar-refractivity contribution >= 4 is 54.6 Å². The first-order valence-electron chi connectivity index (χ1n) is 19.7. The van der Waals surface area contributed by atoms with Gasteiger partial charge in [-0.25, -0.2) is 9.97 Å². The predicted molar refractivity (Wildman–Crippen MR) is 240 cm³/mol. The normalized spacial score (nSPS) is 11.5. The van der Waals surface area contributed by atoms with Crippen molar-refractivity contribution in [2.45, 2.75) is 0 Å². The summed E-state index contributed by atoms with van der Waals surface area (Å²) in [5.41, 5.74) is 14.3. The largest absolute Gasteiger partial charge is 2.00 e. The van der Waals surface area contributed by atoms with E-state index in [0.717, 1.165) is 105 Å². The monoisotopic (exact) mass is 947 g/mol. The van der Waals surface area contributed by atoms with Gasteiger partial charge in [0, 0.05) is 35.4 Å². The molecule has 0 spiro atoms. The van der Waals surface area contributed by atoms with Gasteiger partial charge < -0.3 is 9.55 Å². The van der Waals surface area contributed by atoms with E-state index in [1.807, 2.05) is 48.9 Å². The summed E-state index contributed by atoms with van der Waals surface area (Å²) in [4.78, 5) is 19.9. The zero-order chi connectivity index (χ0) is 38.9. The molecule has 0 radical (unpaired) electrons. The van der Waals surface area contributed by atoms with Crippen molar-refractivity contribution in [3.05, 3.63) is 201 Å². The third-order valence-corrected chi connectivity index (χ3v) is 11.5. The molecule has 0 N–H and O–H groups in total. The van der Waals surface area contributed by atoms with E-state index in [2.05, 4.69) is 166 Å². The van der Waals surface area contributed by atoms with Crippen LogP contribution in [0, 0.1) is 6.07 Å². The second-order valence-corrected chi connectivity index (χ2v) is 14.8. The molecular formula is C53H32N6Pt. The molecule has 60 heavy (non-hydrogen) atoms. The van der Waals surface area contributed by atoms with Crippen LogP contribution in [0.4, 0.5) is 0 Å². The third kappa shape index (κ3) is 5.71. The van der Waals surface area contributed by atoms with Crippen molar-refractivity contribution in [2.24, 2.45) is 0 Å². The number of nitrogens with zero attached hydrogens (tertiary/aromatic N) is 6. The van der Waals surface area contributed by atoms with Crippen LogP contribution in [-0.2, 0) is 21.1 Å². The maximum absolute atomic E-state index is 5.53. The van der Waals surface area contributed by atoms with Crippen molar-refractivity contribution < 1.29 is 21.1 Å². The molecular weight excluding hydrogens is 916 g/mol. The second kappa shape index (κ2) is 14.5. The van der Waals surface area contributed by atoms with Gasteiger partial charge in [-0.15, -0.1) is 34.8 Å². The number of para-hydroxylation sites is 4. The van der Waals surface area contributed by atoms with E-state index in [4.69, 9.17) is 15.0 Å². The van der Waals surface area contributed by atoms with Crippen LogP contribution in [0.3, 0.4) is 0 Å². The van der Waals surface area contributed by atoms with Gasteiger partial charge in [0.05, 0.1) is 11.0 Å². The predicted octanol–water partition coefficient (Wildman–Crippen LogP) is 12.6. The molecule has 5 heterocycles. The molecule has 0 amide bonds. The van der Waals surface area contributed by atoms with Crippen LogP contribution in [0.5, 0.6) is 0 Å². The van der Waals surface area contributed by atoms with E-state index in [1.54, 1.807) is 0 Å². The minimum atomic E-state index is 0. The number of hydrogen-bond acceptors (Lipinski definition) is 3. The zero-order valence-electron chi connectivity index (χ0n) is 32.0. The molecule has 0 aliphatic rings. The van der Waals surface area contributed by atoms with Crippen LogP contribution in [0.25, 0.3) is 111 Å². The molecule has 0 atom stereocenters. The SMILES string of the molecule is [Pt+2].[c-]1c(-c2cccc3c2nc(-c2cccc4c2[n-]c2ccccc24)n3-c2ccccc2)ccc2c3cc(-c4ccccc4)ccc3n(-c3cc(-c4ccncc4)ccn3)c12. The molecule has 0 aliphatic heterocycles. The Balaban J connectivity index is 0.00000408. The first kappa shape index (κ1) is 35.7. The molecule has 0 unspecified atom stereocenters. The molecule has 0 aliphatic carbocycles. The summed E-state index contributed by atoms with van der Waals surface area (Å²) in [5.74, 6) is 1.66. The van der Waals surface area contributed by atoms with Gasteiger partial charge in [0.25, 0.3) is 0 Å². The quantitative estimate of drug-likeness (QED) is 0.156. The van der Waals surface area contributed by atoms with Gasteiger partial charge in [0.1, 0.15) is 11.6 Å². The fourth-order valence-corrected chi connectivity index (χ4v) is 8.73. The average molecular weight is 948 g/mol. The maximum atomic E-state index is 5.53. The van der Waals surface area contributed by atoms with Crippen molar-refractivity contribution in [1.82, 2.24) is 29.1 Å². The van der Waals surface area contributed by atoms with E-state index >= 15 is 0 Å². The molecule has 0 saturated heterocycles. The number of imidazole rings is 1. The van der Waals surface area contributed by atoms with Crippen LogP contribution < -0.4 is 4.98 Å². The Bertz CT molecular complexity index is 3550. The molecule has 12 aromatic rings. The number of pyridine rings is 2. The summed E-state index contributed by atoms with van der Waals surface area (Å²) in [6.07, 6.45) is 5.53. The molecule has 6 nitrogen and oxygen atoms in total. The second-order valence-electron chi connectivity index (χ2n) is 14.8. The number of benzene rings is 7. The Morgan fingerprint density at radius 1 is 0.483 bits per heavy atom. The van der Waals surface area contributed by atoms with E-state index in [9.17, 15) is 0 Å². The summed E-state index contributed by atoms with van der Waals surface area (Å²) in [6, 6.07) is 65.5. The van der Waals surface area contributed by atoms with Gasteiger partial charge >= 0.3 is 21.1 Å². The van der Waals surface area contributed by atoms with Crippen molar-refractivity contribution in [3.63, 3.8) is 0 Å². The molecule has 0 bridgehead atoms. The molecule has 284 valence electrons. The summed E-state index contributed by atoms with van der Waals surface area (Å²) >= 11 is 0. The fraction of sp³-hybridized carbons (Fsp3) is 0. The minimum absolute atomic E-state index is 0. The van der Waals surface area contributed by atoms with E-state index < -0.39 is 0 Å². The molecule has 7 aromatic carbocycles. The maximum Gasteiger partial charge on any atom is 2.00 e. The first-order chi connectivity index (χ1) is 29.3. The van der Waals surface area contributed by atoms with Crippen molar-refractivity contribution in [1.29, 1.82) is 0 Å². The van der Waals surface area contributed by atoms with Gasteiger partial charge in [-0.1, -0.05) is 126 Å². The van der Waals surface area contributed by atoms with E-state index in [-0.39, 0.29) is 21.1 Å². The zero-order valence-corrected chi connectivity index (χ0v) is 34.2. The van der Waals surface area contributed by atoms with Gasteiger partial charge in [0.2, 0.25) is 0 Å². The van der Waals surface area contributed by atoms with Crippen molar-refractivity contribution in [3.8, 4) is 56.3 Å². The summed E-state index contributed by atoms with van der Waals surface area (Å²) in [7, 11) is 0. The number of aromatic nitrogens is 6. The van der Waals surface area contributed by atoms with Crippen LogP contribution in [0.15, 0.2) is 195 Å². The molecule has 7 heteroatoms. The first-order valence-corrected chi connectivity index (χ1v) is 19.7. The van der Waals surface area contributed by atoms with Crippen molar-refractivity contribution in [2.75, 3.05) is 0 Å². The van der Waals surface area contributed by atoms with Gasteiger partial charge in [0.15, 0.2) is 0 Å². The van der Waals surface area contributed by atoms with Gasteiger partial charge in [-0.2, -0.15) is 0 Å². The number of rotatable bonds is 6. The third-order valence-electron chi connectivity index (χ3n) is 11.5. The Morgan fingerprint density at radius 2 is 1.20 bits per heavy atom. The van der Waals surface area contributed by atoms with Crippen LogP contribution in [0.1, 0.15) is 0 Å². The van der Waals surface area contributed by atoms with Crippen LogP contribution in [0.2, 0.25) is 0 Å². The van der Waals surface area contributed by atoms with E-state index in [1.165, 1.54) is 5.56 Å². The van der Waals surface area contributed by atoms with Crippen LogP contribution in [-0.4, -0.2) is 24.1 Å². The van der Waals surface area contributed by atoms with E-state index in [0.29, 0.717) is 0 Å². The van der Waals surface area contributed by atoms with Gasteiger partial charge in [-0.3, -0.25) is 9.55 Å². The fourth-order valence-electron chi connectivity index (χ4n) is 8.73. The Hall–Kier alpha value is -7.40. The summed E-state index contributed by atoms with van der Waals surface area (Å²) in [5, 5.41) is 4.49. The summed E-state index contributed by atoms with van der Waals surface area (Å²) < 4.78 is 4.51. The summed E-state index contributed by atoms with van der Waals surface area (Å²) in [6.45, 7) is 0. The molecule has 0 saturated carbocycles. The standard InChI is InChI=1S/C53H32N6.Pt/c1-3-11-34(12-4-1)36-22-24-47-45(31-36)42-23-21-38(32-49(42)59(47)50-33-37(27-30-55-50)35-25-28-54-29-26-35)40-16-10-20-48-52(40)57-53(58(48)39-13-5-2-6-14-39)44-18-9-17-43-41-15-7-8-19-46(41)56-51(43)44;/h1-31,33H;/q-2;+2. The Morgan fingerprint density at radius 3 is 2.07 bits per heavy atom. The molecule has 12 rings (SSSR count). The number of hydrogen-bond donors (Lipinski definition) is 0. The topological polar surface area (TPSA) is 62.6 Å². The molecule has 5 aromatic heterocycles.